The Kier molecular flexibility index (Phi) is 4.96. The summed E-state index contributed by atoms with van der Waals surface area (Å²) in [6, 6.07) is 8.44. The molecular weight excluding hydrogens is 308 g/mol. The number of nitrogens with one attached hydrogen (secondary N) is 1. The number of hydrogen-bond donors (Lipinski definition) is 1. The second kappa shape index (κ2) is 6.49. The topological polar surface area (TPSA) is 35.8 Å². The largest absolute Gasteiger partial charge is 0.381 e. The van der Waals surface area contributed by atoms with Gasteiger partial charge in [0.05, 0.1) is 11.6 Å². The molecule has 0 heterocycles. The highest BCUT2D eigenvalue weighted by Crippen LogP contribution is 2.31. The quantitative estimate of drug-likeness (QED) is 0.894. The zero-order valence-electron chi connectivity index (χ0n) is 10.4. The van der Waals surface area contributed by atoms with Gasteiger partial charge < -0.3 is 5.32 Å². The third-order valence-corrected chi connectivity index (χ3v) is 5.17. The number of rotatable bonds is 3. The molecule has 0 spiro atoms. The SMILES string of the molecule is CSC1CCCC(Nc2ccc(C#N)cc2Br)C1. The van der Waals surface area contributed by atoms with Crippen molar-refractivity contribution in [3.05, 3.63) is 28.2 Å². The van der Waals surface area contributed by atoms with Gasteiger partial charge in [0, 0.05) is 21.5 Å². The maximum atomic E-state index is 8.85. The van der Waals surface area contributed by atoms with E-state index >= 15 is 0 Å². The first kappa shape index (κ1) is 13.8. The molecule has 2 atom stereocenters. The van der Waals surface area contributed by atoms with Gasteiger partial charge in [0.25, 0.3) is 0 Å². The molecule has 0 radical (unpaired) electrons. The normalized spacial score (nSPS) is 23.4. The van der Waals surface area contributed by atoms with Gasteiger partial charge in [0.1, 0.15) is 0 Å². The Balaban J connectivity index is 2.03. The maximum absolute atomic E-state index is 8.85. The van der Waals surface area contributed by atoms with E-state index in [0.29, 0.717) is 11.6 Å². The molecule has 0 aromatic heterocycles. The monoisotopic (exact) mass is 324 g/mol. The minimum absolute atomic E-state index is 0.556. The number of nitriles is 1. The Bertz CT molecular complexity index is 456. The average molecular weight is 325 g/mol. The van der Waals surface area contributed by atoms with Gasteiger partial charge in [0.2, 0.25) is 0 Å². The van der Waals surface area contributed by atoms with Gasteiger partial charge in [-0.3, -0.25) is 0 Å². The van der Waals surface area contributed by atoms with E-state index in [-0.39, 0.29) is 0 Å². The molecule has 1 N–H and O–H groups in total. The van der Waals surface area contributed by atoms with E-state index in [2.05, 4.69) is 33.6 Å². The van der Waals surface area contributed by atoms with E-state index in [0.717, 1.165) is 15.4 Å². The summed E-state index contributed by atoms with van der Waals surface area (Å²) in [6.07, 6.45) is 7.31. The maximum Gasteiger partial charge on any atom is 0.0992 e. The molecule has 0 amide bonds. The summed E-state index contributed by atoms with van der Waals surface area (Å²) in [6.45, 7) is 0. The fraction of sp³-hybridized carbons (Fsp3) is 0.500. The molecule has 96 valence electrons. The molecule has 0 bridgehead atoms. The van der Waals surface area contributed by atoms with Crippen LogP contribution in [-0.4, -0.2) is 17.5 Å². The fourth-order valence-electron chi connectivity index (χ4n) is 2.41. The van der Waals surface area contributed by atoms with E-state index in [9.17, 15) is 0 Å². The first-order valence-electron chi connectivity index (χ1n) is 6.22. The zero-order chi connectivity index (χ0) is 13.0. The molecule has 1 aromatic carbocycles. The van der Waals surface area contributed by atoms with Crippen LogP contribution in [0.15, 0.2) is 22.7 Å². The van der Waals surface area contributed by atoms with Crippen LogP contribution in [0.4, 0.5) is 5.69 Å². The lowest BCUT2D eigenvalue weighted by atomic mass is 9.94. The number of thioether (sulfide) groups is 1. The number of anilines is 1. The summed E-state index contributed by atoms with van der Waals surface area (Å²) in [5.41, 5.74) is 1.79. The van der Waals surface area contributed by atoms with Gasteiger partial charge in [-0.2, -0.15) is 17.0 Å². The Morgan fingerprint density at radius 2 is 2.28 bits per heavy atom. The van der Waals surface area contributed by atoms with Crippen molar-refractivity contribution < 1.29 is 0 Å². The molecule has 1 fully saturated rings. The molecule has 2 unspecified atom stereocenters. The Hall–Kier alpha value is -0.660. The van der Waals surface area contributed by atoms with E-state index in [1.807, 2.05) is 30.0 Å². The van der Waals surface area contributed by atoms with E-state index in [1.165, 1.54) is 25.7 Å². The lowest BCUT2D eigenvalue weighted by molar-refractivity contribution is 0.473. The van der Waals surface area contributed by atoms with Crippen molar-refractivity contribution in [2.75, 3.05) is 11.6 Å². The summed E-state index contributed by atoms with van der Waals surface area (Å²) in [5.74, 6) is 0. The van der Waals surface area contributed by atoms with Gasteiger partial charge >= 0.3 is 0 Å². The van der Waals surface area contributed by atoms with Gasteiger partial charge in [-0.05, 0) is 59.6 Å². The molecule has 1 aromatic rings. The fourth-order valence-corrected chi connectivity index (χ4v) is 3.73. The molecular formula is C14H17BrN2S. The predicted octanol–water partition coefficient (Wildman–Crippen LogP) is 4.41. The van der Waals surface area contributed by atoms with Gasteiger partial charge in [-0.1, -0.05) is 6.42 Å². The van der Waals surface area contributed by atoms with Crippen molar-refractivity contribution in [2.45, 2.75) is 37.0 Å². The number of hydrogen-bond acceptors (Lipinski definition) is 3. The van der Waals surface area contributed by atoms with Crippen LogP contribution in [0.2, 0.25) is 0 Å². The van der Waals surface area contributed by atoms with Gasteiger partial charge in [-0.25, -0.2) is 0 Å². The molecule has 0 saturated heterocycles. The molecule has 1 aliphatic rings. The van der Waals surface area contributed by atoms with Crippen LogP contribution in [0.25, 0.3) is 0 Å². The molecule has 4 heteroatoms. The van der Waals surface area contributed by atoms with Crippen LogP contribution in [-0.2, 0) is 0 Å². The van der Waals surface area contributed by atoms with Crippen LogP contribution in [0.3, 0.4) is 0 Å². The van der Waals surface area contributed by atoms with Crippen LogP contribution >= 0.6 is 27.7 Å². The summed E-state index contributed by atoms with van der Waals surface area (Å²) in [4.78, 5) is 0. The summed E-state index contributed by atoms with van der Waals surface area (Å²) < 4.78 is 0.979. The highest BCUT2D eigenvalue weighted by Gasteiger charge is 2.21. The van der Waals surface area contributed by atoms with E-state index < -0.39 is 0 Å². The lowest BCUT2D eigenvalue weighted by Gasteiger charge is -2.29. The minimum Gasteiger partial charge on any atom is -0.381 e. The van der Waals surface area contributed by atoms with Crippen LogP contribution < -0.4 is 5.32 Å². The summed E-state index contributed by atoms with van der Waals surface area (Å²) in [5, 5.41) is 13.2. The summed E-state index contributed by atoms with van der Waals surface area (Å²) >= 11 is 5.50. The highest BCUT2D eigenvalue weighted by atomic mass is 79.9. The Morgan fingerprint density at radius 3 is 2.94 bits per heavy atom. The summed E-state index contributed by atoms with van der Waals surface area (Å²) in [7, 11) is 0. The van der Waals surface area contributed by atoms with Crippen LogP contribution in [0.1, 0.15) is 31.2 Å². The second-order valence-corrected chi connectivity index (χ2v) is 6.66. The van der Waals surface area contributed by atoms with E-state index in [1.54, 1.807) is 0 Å². The number of halogens is 1. The molecule has 1 saturated carbocycles. The molecule has 2 rings (SSSR count). The molecule has 18 heavy (non-hydrogen) atoms. The van der Waals surface area contributed by atoms with Crippen molar-refractivity contribution in [3.63, 3.8) is 0 Å². The van der Waals surface area contributed by atoms with Crippen LogP contribution in [0, 0.1) is 11.3 Å². The first-order valence-corrected chi connectivity index (χ1v) is 8.30. The average Bonchev–Trinajstić information content (AvgIpc) is 2.41. The van der Waals surface area contributed by atoms with Gasteiger partial charge in [0.15, 0.2) is 0 Å². The van der Waals surface area contributed by atoms with Gasteiger partial charge in [-0.15, -0.1) is 0 Å². The highest BCUT2D eigenvalue weighted by molar-refractivity contribution is 9.10. The predicted molar refractivity (Wildman–Crippen MR) is 82.0 cm³/mol. The number of nitrogens with zero attached hydrogens (tertiary/aromatic N) is 1. The number of benzene rings is 1. The van der Waals surface area contributed by atoms with Crippen molar-refractivity contribution in [1.82, 2.24) is 0 Å². The molecule has 0 aliphatic heterocycles. The second-order valence-electron chi connectivity index (χ2n) is 4.67. The van der Waals surface area contributed by atoms with Crippen molar-refractivity contribution in [3.8, 4) is 6.07 Å². The molecule has 2 nitrogen and oxygen atoms in total. The smallest absolute Gasteiger partial charge is 0.0992 e. The van der Waals surface area contributed by atoms with Crippen molar-refractivity contribution >= 4 is 33.4 Å². The standard InChI is InChI=1S/C14H17BrN2S/c1-18-12-4-2-3-11(8-12)17-14-6-5-10(9-16)7-13(14)15/h5-7,11-12,17H,2-4,8H2,1H3. The van der Waals surface area contributed by atoms with Crippen LogP contribution in [0.5, 0.6) is 0 Å². The third-order valence-electron chi connectivity index (χ3n) is 3.42. The first-order chi connectivity index (χ1) is 8.72. The van der Waals surface area contributed by atoms with E-state index in [4.69, 9.17) is 5.26 Å². The minimum atomic E-state index is 0.556. The van der Waals surface area contributed by atoms with Crippen molar-refractivity contribution in [1.29, 1.82) is 5.26 Å². The third kappa shape index (κ3) is 3.43. The zero-order valence-corrected chi connectivity index (χ0v) is 12.9. The Labute approximate surface area is 121 Å². The van der Waals surface area contributed by atoms with Crippen molar-refractivity contribution in [2.24, 2.45) is 0 Å². The lowest BCUT2D eigenvalue weighted by Crippen LogP contribution is -2.28. The Morgan fingerprint density at radius 1 is 1.44 bits per heavy atom. The molecule has 1 aliphatic carbocycles.